The highest BCUT2D eigenvalue weighted by atomic mass is 19.4. The summed E-state index contributed by atoms with van der Waals surface area (Å²) in [5, 5.41) is 14.7. The fourth-order valence-corrected chi connectivity index (χ4v) is 3.89. The van der Waals surface area contributed by atoms with E-state index in [2.05, 4.69) is 15.3 Å². The number of nitrogens with zero attached hydrogens (tertiary/aromatic N) is 2. The molecule has 0 spiro atoms. The minimum atomic E-state index is -4.38. The summed E-state index contributed by atoms with van der Waals surface area (Å²) in [6, 6.07) is 4.66. The van der Waals surface area contributed by atoms with E-state index in [0.717, 1.165) is 36.4 Å². The van der Waals surface area contributed by atoms with Gasteiger partial charge in [-0.25, -0.2) is 9.97 Å². The third kappa shape index (κ3) is 3.84. The van der Waals surface area contributed by atoms with Crippen LogP contribution in [0.1, 0.15) is 67.1 Å². The number of aromatic nitrogens is 2. The molecule has 0 radical (unpaired) electrons. The summed E-state index contributed by atoms with van der Waals surface area (Å²) in [5.74, 6) is 1.34. The van der Waals surface area contributed by atoms with Gasteiger partial charge >= 0.3 is 6.18 Å². The summed E-state index contributed by atoms with van der Waals surface area (Å²) < 4.78 is 38.4. The second-order valence-corrected chi connectivity index (χ2v) is 7.78. The molecule has 3 atom stereocenters. The van der Waals surface area contributed by atoms with E-state index < -0.39 is 17.3 Å². The van der Waals surface area contributed by atoms with E-state index in [1.54, 1.807) is 12.4 Å². The maximum Gasteiger partial charge on any atom is 0.416 e. The Morgan fingerprint density at radius 2 is 1.70 bits per heavy atom. The van der Waals surface area contributed by atoms with Gasteiger partial charge in [-0.2, -0.15) is 13.2 Å². The first kappa shape index (κ1) is 18.4. The lowest BCUT2D eigenvalue weighted by Gasteiger charge is -2.41. The minimum Gasteiger partial charge on any atom is -0.385 e. The number of aliphatic hydroxyl groups is 1. The molecular formula is C20H22F3N3O. The molecule has 1 unspecified atom stereocenters. The number of piperidine rings is 1. The van der Waals surface area contributed by atoms with Crippen molar-refractivity contribution in [3.8, 4) is 0 Å². The second kappa shape index (κ2) is 6.56. The zero-order valence-corrected chi connectivity index (χ0v) is 15.0. The second-order valence-electron chi connectivity index (χ2n) is 7.78. The fourth-order valence-electron chi connectivity index (χ4n) is 3.89. The van der Waals surface area contributed by atoms with E-state index in [4.69, 9.17) is 0 Å². The van der Waals surface area contributed by atoms with Crippen LogP contribution in [0.2, 0.25) is 0 Å². The molecule has 0 amide bonds. The number of nitrogens with one attached hydrogen (secondary N) is 1. The molecule has 1 aliphatic carbocycles. The summed E-state index contributed by atoms with van der Waals surface area (Å²) >= 11 is 0. The maximum atomic E-state index is 12.8. The molecular weight excluding hydrogens is 355 g/mol. The van der Waals surface area contributed by atoms with Gasteiger partial charge in [-0.05, 0) is 50.3 Å². The van der Waals surface area contributed by atoms with Gasteiger partial charge in [0, 0.05) is 36.0 Å². The molecule has 2 aromatic rings. The smallest absolute Gasteiger partial charge is 0.385 e. The average molecular weight is 377 g/mol. The SMILES string of the molecule is C[C@H]1CC(O)(c2ccc(C(F)(F)F)cc2)C[C@@H](c2cnc(C3CC3)nc2)N1. The van der Waals surface area contributed by atoms with Crippen molar-refractivity contribution in [3.63, 3.8) is 0 Å². The molecule has 1 saturated carbocycles. The van der Waals surface area contributed by atoms with Crippen molar-refractivity contribution in [3.05, 3.63) is 59.2 Å². The fraction of sp³-hybridized carbons (Fsp3) is 0.500. The summed E-state index contributed by atoms with van der Waals surface area (Å²) in [5.41, 5.74) is -0.521. The topological polar surface area (TPSA) is 58.0 Å². The molecule has 1 aliphatic heterocycles. The van der Waals surface area contributed by atoms with E-state index in [9.17, 15) is 18.3 Å². The summed E-state index contributed by atoms with van der Waals surface area (Å²) in [7, 11) is 0. The molecule has 1 saturated heterocycles. The van der Waals surface area contributed by atoms with E-state index in [-0.39, 0.29) is 12.1 Å². The molecule has 2 N–H and O–H groups in total. The van der Waals surface area contributed by atoms with Crippen molar-refractivity contribution >= 4 is 0 Å². The van der Waals surface area contributed by atoms with Gasteiger partial charge in [-0.3, -0.25) is 0 Å². The average Bonchev–Trinajstić information content (AvgIpc) is 3.46. The Hall–Kier alpha value is -1.99. The number of hydrogen-bond acceptors (Lipinski definition) is 4. The lowest BCUT2D eigenvalue weighted by molar-refractivity contribution is -0.137. The van der Waals surface area contributed by atoms with E-state index in [1.807, 2.05) is 6.92 Å². The summed E-state index contributed by atoms with van der Waals surface area (Å²) in [4.78, 5) is 8.88. The van der Waals surface area contributed by atoms with Crippen LogP contribution in [0.4, 0.5) is 13.2 Å². The summed E-state index contributed by atoms with van der Waals surface area (Å²) in [6.07, 6.45) is 2.25. The summed E-state index contributed by atoms with van der Waals surface area (Å²) in [6.45, 7) is 1.96. The molecule has 27 heavy (non-hydrogen) atoms. The highest BCUT2D eigenvalue weighted by Gasteiger charge is 2.40. The number of hydrogen-bond donors (Lipinski definition) is 2. The highest BCUT2D eigenvalue weighted by molar-refractivity contribution is 5.30. The molecule has 4 nitrogen and oxygen atoms in total. The van der Waals surface area contributed by atoms with Gasteiger partial charge in [0.2, 0.25) is 0 Å². The Bertz CT molecular complexity index is 803. The first-order chi connectivity index (χ1) is 12.7. The molecule has 7 heteroatoms. The monoisotopic (exact) mass is 377 g/mol. The van der Waals surface area contributed by atoms with Crippen molar-refractivity contribution in [1.82, 2.24) is 15.3 Å². The van der Waals surface area contributed by atoms with Gasteiger partial charge in [-0.1, -0.05) is 12.1 Å². The molecule has 4 rings (SSSR count). The zero-order valence-electron chi connectivity index (χ0n) is 15.0. The zero-order chi connectivity index (χ0) is 19.2. The van der Waals surface area contributed by atoms with Crippen LogP contribution in [0.15, 0.2) is 36.7 Å². The van der Waals surface area contributed by atoms with Crippen LogP contribution < -0.4 is 5.32 Å². The van der Waals surface area contributed by atoms with Crippen molar-refractivity contribution in [1.29, 1.82) is 0 Å². The van der Waals surface area contributed by atoms with Crippen LogP contribution in [-0.2, 0) is 11.8 Å². The van der Waals surface area contributed by atoms with Crippen LogP contribution >= 0.6 is 0 Å². The molecule has 0 bridgehead atoms. The van der Waals surface area contributed by atoms with E-state index in [0.29, 0.717) is 24.3 Å². The molecule has 1 aromatic heterocycles. The van der Waals surface area contributed by atoms with Gasteiger partial charge < -0.3 is 10.4 Å². The van der Waals surface area contributed by atoms with Crippen LogP contribution in [-0.4, -0.2) is 21.1 Å². The van der Waals surface area contributed by atoms with Crippen LogP contribution in [0.25, 0.3) is 0 Å². The largest absolute Gasteiger partial charge is 0.416 e. The standard InChI is InChI=1S/C20H22F3N3O/c1-12-8-19(27,15-4-6-16(7-5-15)20(21,22)23)9-17(26-12)14-10-24-18(25-11-14)13-2-3-13/h4-7,10-13,17,26-27H,2-3,8-9H2,1H3/t12-,17-,19?/m0/s1. The number of rotatable bonds is 3. The Balaban J connectivity index is 1.56. The van der Waals surface area contributed by atoms with Crippen molar-refractivity contribution in [2.24, 2.45) is 0 Å². The lowest BCUT2D eigenvalue weighted by Crippen LogP contribution is -2.46. The molecule has 2 heterocycles. The molecule has 2 aliphatic rings. The van der Waals surface area contributed by atoms with Crippen LogP contribution in [0, 0.1) is 0 Å². The Morgan fingerprint density at radius 3 is 2.26 bits per heavy atom. The quantitative estimate of drug-likeness (QED) is 0.847. The first-order valence-electron chi connectivity index (χ1n) is 9.23. The number of benzene rings is 1. The van der Waals surface area contributed by atoms with Gasteiger partial charge in [0.1, 0.15) is 5.82 Å². The van der Waals surface area contributed by atoms with Gasteiger partial charge in [0.05, 0.1) is 11.2 Å². The number of halogens is 3. The van der Waals surface area contributed by atoms with Crippen LogP contribution in [0.5, 0.6) is 0 Å². The molecule has 1 aromatic carbocycles. The normalized spacial score (nSPS) is 28.9. The van der Waals surface area contributed by atoms with Gasteiger partial charge in [-0.15, -0.1) is 0 Å². The lowest BCUT2D eigenvalue weighted by atomic mass is 9.77. The van der Waals surface area contributed by atoms with Crippen LogP contribution in [0.3, 0.4) is 0 Å². The predicted octanol–water partition coefficient (Wildman–Crippen LogP) is 4.07. The third-order valence-electron chi connectivity index (χ3n) is 5.46. The van der Waals surface area contributed by atoms with E-state index in [1.165, 1.54) is 12.1 Å². The Labute approximate surface area is 155 Å². The molecule has 144 valence electrons. The Morgan fingerprint density at radius 1 is 1.07 bits per heavy atom. The highest BCUT2D eigenvalue weighted by Crippen LogP contribution is 2.41. The number of alkyl halides is 3. The van der Waals surface area contributed by atoms with Crippen molar-refractivity contribution in [2.75, 3.05) is 0 Å². The molecule has 2 fully saturated rings. The van der Waals surface area contributed by atoms with Crippen molar-refractivity contribution in [2.45, 2.75) is 62.4 Å². The van der Waals surface area contributed by atoms with Gasteiger partial charge in [0.15, 0.2) is 0 Å². The first-order valence-corrected chi connectivity index (χ1v) is 9.23. The van der Waals surface area contributed by atoms with Gasteiger partial charge in [0.25, 0.3) is 0 Å². The predicted molar refractivity (Wildman–Crippen MR) is 93.9 cm³/mol. The minimum absolute atomic E-state index is 0.000786. The maximum absolute atomic E-state index is 12.8. The van der Waals surface area contributed by atoms with E-state index >= 15 is 0 Å². The third-order valence-corrected chi connectivity index (χ3v) is 5.46. The Kier molecular flexibility index (Phi) is 4.47. The van der Waals surface area contributed by atoms with Crippen molar-refractivity contribution < 1.29 is 18.3 Å².